The van der Waals surface area contributed by atoms with Crippen molar-refractivity contribution in [3.05, 3.63) is 23.8 Å². The average Bonchev–Trinajstić information content (AvgIpc) is 2.78. The molecule has 0 aromatic carbocycles. The molecule has 0 saturated heterocycles. The normalized spacial score (nSPS) is 12.9. The number of nitrogens with zero attached hydrogens (tertiary/aromatic N) is 4. The second-order valence-electron chi connectivity index (χ2n) is 4.78. The fourth-order valence-corrected chi connectivity index (χ4v) is 1.59. The van der Waals surface area contributed by atoms with Crippen molar-refractivity contribution >= 4 is 0 Å². The van der Waals surface area contributed by atoms with Gasteiger partial charge in [-0.25, -0.2) is 9.97 Å². The van der Waals surface area contributed by atoms with Crippen LogP contribution in [0.25, 0.3) is 11.6 Å². The molecule has 0 amide bonds. The van der Waals surface area contributed by atoms with Gasteiger partial charge in [-0.2, -0.15) is 4.98 Å². The van der Waals surface area contributed by atoms with Crippen molar-refractivity contribution in [1.29, 1.82) is 0 Å². The second-order valence-corrected chi connectivity index (χ2v) is 4.78. The summed E-state index contributed by atoms with van der Waals surface area (Å²) in [5.74, 6) is 1.74. The molecule has 2 heterocycles. The third-order valence-electron chi connectivity index (χ3n) is 2.47. The van der Waals surface area contributed by atoms with Gasteiger partial charge in [-0.15, -0.1) is 0 Å². The number of aromatic nitrogens is 4. The van der Waals surface area contributed by atoms with Gasteiger partial charge in [0.15, 0.2) is 0 Å². The lowest BCUT2D eigenvalue weighted by Gasteiger charge is -2.08. The fourth-order valence-electron chi connectivity index (χ4n) is 1.59. The van der Waals surface area contributed by atoms with E-state index in [4.69, 9.17) is 10.3 Å². The number of hydrogen-bond acceptors (Lipinski definition) is 6. The van der Waals surface area contributed by atoms with Crippen LogP contribution in [0, 0.1) is 12.8 Å². The molecule has 6 nitrogen and oxygen atoms in total. The smallest absolute Gasteiger partial charge is 0.243 e. The van der Waals surface area contributed by atoms with Crippen LogP contribution < -0.4 is 5.73 Å². The molecule has 0 fully saturated rings. The van der Waals surface area contributed by atoms with E-state index in [1.807, 2.05) is 6.92 Å². The minimum Gasteiger partial charge on any atom is -0.337 e. The highest BCUT2D eigenvalue weighted by molar-refractivity contribution is 5.41. The Hall–Kier alpha value is -1.82. The first-order valence-corrected chi connectivity index (χ1v) is 5.94. The van der Waals surface area contributed by atoms with E-state index in [-0.39, 0.29) is 6.04 Å². The Morgan fingerprint density at radius 2 is 1.89 bits per heavy atom. The molecule has 96 valence electrons. The molecule has 18 heavy (non-hydrogen) atoms. The summed E-state index contributed by atoms with van der Waals surface area (Å²) < 4.78 is 5.15. The van der Waals surface area contributed by atoms with Gasteiger partial charge in [0, 0.05) is 12.4 Å². The summed E-state index contributed by atoms with van der Waals surface area (Å²) in [4.78, 5) is 12.5. The number of rotatable bonds is 4. The van der Waals surface area contributed by atoms with Gasteiger partial charge in [0.2, 0.25) is 17.5 Å². The summed E-state index contributed by atoms with van der Waals surface area (Å²) in [6.45, 7) is 6.12. The number of hydrogen-bond donors (Lipinski definition) is 1. The van der Waals surface area contributed by atoms with Crippen molar-refractivity contribution in [1.82, 2.24) is 20.1 Å². The molecule has 0 aliphatic rings. The predicted octanol–water partition coefficient (Wildman–Crippen LogP) is 1.88. The van der Waals surface area contributed by atoms with E-state index in [1.54, 1.807) is 12.4 Å². The Balaban J connectivity index is 2.17. The molecule has 6 heteroatoms. The molecule has 2 N–H and O–H groups in total. The molecule has 1 atom stereocenters. The van der Waals surface area contributed by atoms with Gasteiger partial charge in [0.25, 0.3) is 0 Å². The van der Waals surface area contributed by atoms with E-state index < -0.39 is 0 Å². The lowest BCUT2D eigenvalue weighted by Crippen LogP contribution is -2.13. The van der Waals surface area contributed by atoms with Crippen LogP contribution in [-0.4, -0.2) is 20.1 Å². The van der Waals surface area contributed by atoms with Crippen LogP contribution in [0.1, 0.15) is 37.8 Å². The van der Waals surface area contributed by atoms with Crippen molar-refractivity contribution in [2.45, 2.75) is 33.2 Å². The Kier molecular flexibility index (Phi) is 3.66. The summed E-state index contributed by atoms with van der Waals surface area (Å²) >= 11 is 0. The molecular formula is C12H17N5O. The molecule has 0 aliphatic carbocycles. The van der Waals surface area contributed by atoms with Crippen LogP contribution in [0.3, 0.4) is 0 Å². The fraction of sp³-hybridized carbons (Fsp3) is 0.500. The minimum absolute atomic E-state index is 0.239. The summed E-state index contributed by atoms with van der Waals surface area (Å²) in [6, 6.07) is -0.239. The predicted molar refractivity (Wildman–Crippen MR) is 66.4 cm³/mol. The average molecular weight is 247 g/mol. The van der Waals surface area contributed by atoms with Crippen molar-refractivity contribution in [3.63, 3.8) is 0 Å². The van der Waals surface area contributed by atoms with E-state index in [1.165, 1.54) is 0 Å². The third kappa shape index (κ3) is 2.89. The quantitative estimate of drug-likeness (QED) is 0.887. The Bertz CT molecular complexity index is 505. The zero-order chi connectivity index (χ0) is 13.1. The van der Waals surface area contributed by atoms with Crippen molar-refractivity contribution in [2.24, 2.45) is 11.7 Å². The summed E-state index contributed by atoms with van der Waals surface area (Å²) in [7, 11) is 0. The van der Waals surface area contributed by atoms with Crippen LogP contribution in [0.2, 0.25) is 0 Å². The zero-order valence-corrected chi connectivity index (χ0v) is 10.8. The van der Waals surface area contributed by atoms with Crippen LogP contribution in [-0.2, 0) is 0 Å². The first-order valence-electron chi connectivity index (χ1n) is 5.94. The van der Waals surface area contributed by atoms with E-state index >= 15 is 0 Å². The van der Waals surface area contributed by atoms with Crippen LogP contribution in [0.15, 0.2) is 16.9 Å². The Morgan fingerprint density at radius 3 is 2.50 bits per heavy atom. The van der Waals surface area contributed by atoms with Gasteiger partial charge in [-0.3, -0.25) is 0 Å². The maximum absolute atomic E-state index is 5.97. The third-order valence-corrected chi connectivity index (χ3v) is 2.47. The molecule has 2 rings (SSSR count). The highest BCUT2D eigenvalue weighted by atomic mass is 16.5. The Labute approximate surface area is 106 Å². The molecule has 2 aromatic rings. The van der Waals surface area contributed by atoms with Crippen LogP contribution in [0.5, 0.6) is 0 Å². The standard InChI is InChI=1S/C12H17N5O/c1-7(2)4-9(13)12-16-11(17-18-12)10-14-5-8(3)6-15-10/h5-7,9H,4,13H2,1-3H3/t9-/m0/s1. The molecule has 0 radical (unpaired) electrons. The largest absolute Gasteiger partial charge is 0.337 e. The van der Waals surface area contributed by atoms with Crippen LogP contribution >= 0.6 is 0 Å². The Morgan fingerprint density at radius 1 is 1.22 bits per heavy atom. The van der Waals surface area contributed by atoms with E-state index in [0.717, 1.165) is 12.0 Å². The molecular weight excluding hydrogens is 230 g/mol. The maximum atomic E-state index is 5.97. The molecule has 0 aliphatic heterocycles. The first kappa shape index (κ1) is 12.6. The lowest BCUT2D eigenvalue weighted by molar-refractivity contribution is 0.335. The van der Waals surface area contributed by atoms with Crippen molar-refractivity contribution < 1.29 is 4.52 Å². The monoisotopic (exact) mass is 247 g/mol. The highest BCUT2D eigenvalue weighted by Gasteiger charge is 2.17. The number of aryl methyl sites for hydroxylation is 1. The first-order chi connectivity index (χ1) is 8.56. The second kappa shape index (κ2) is 5.22. The molecule has 0 bridgehead atoms. The van der Waals surface area contributed by atoms with Gasteiger partial charge < -0.3 is 10.3 Å². The van der Waals surface area contributed by atoms with Gasteiger partial charge >= 0.3 is 0 Å². The molecule has 2 aromatic heterocycles. The summed E-state index contributed by atoms with van der Waals surface area (Å²) in [5.41, 5.74) is 6.96. The van der Waals surface area contributed by atoms with Crippen molar-refractivity contribution in [3.8, 4) is 11.6 Å². The SMILES string of the molecule is Cc1cnc(-c2noc([C@@H](N)CC(C)C)n2)nc1. The number of nitrogens with two attached hydrogens (primary N) is 1. The summed E-state index contributed by atoms with van der Waals surface area (Å²) in [6.07, 6.45) is 4.23. The maximum Gasteiger partial charge on any atom is 0.243 e. The molecule has 0 unspecified atom stereocenters. The van der Waals surface area contributed by atoms with Crippen LogP contribution in [0.4, 0.5) is 0 Å². The van der Waals surface area contributed by atoms with Crippen molar-refractivity contribution in [2.75, 3.05) is 0 Å². The molecule has 0 spiro atoms. The van der Waals surface area contributed by atoms with Gasteiger partial charge in [-0.05, 0) is 24.8 Å². The lowest BCUT2D eigenvalue weighted by atomic mass is 10.0. The van der Waals surface area contributed by atoms with Gasteiger partial charge in [0.1, 0.15) is 0 Å². The van der Waals surface area contributed by atoms with E-state index in [9.17, 15) is 0 Å². The van der Waals surface area contributed by atoms with E-state index in [0.29, 0.717) is 23.5 Å². The van der Waals surface area contributed by atoms with Gasteiger partial charge in [0.05, 0.1) is 6.04 Å². The molecule has 0 saturated carbocycles. The minimum atomic E-state index is -0.239. The topological polar surface area (TPSA) is 90.7 Å². The van der Waals surface area contributed by atoms with Gasteiger partial charge in [-0.1, -0.05) is 19.0 Å². The van der Waals surface area contributed by atoms with E-state index in [2.05, 4.69) is 34.0 Å². The summed E-state index contributed by atoms with van der Waals surface area (Å²) in [5, 5.41) is 3.85. The zero-order valence-electron chi connectivity index (χ0n) is 10.8. The highest BCUT2D eigenvalue weighted by Crippen LogP contribution is 2.19.